The van der Waals surface area contributed by atoms with Crippen LogP contribution in [0.15, 0.2) is 18.7 Å². The van der Waals surface area contributed by atoms with Crippen molar-refractivity contribution < 1.29 is 9.53 Å². The van der Waals surface area contributed by atoms with Crippen molar-refractivity contribution in [3.63, 3.8) is 0 Å². The number of hydrogen-bond acceptors (Lipinski definition) is 8. The van der Waals surface area contributed by atoms with Gasteiger partial charge in [-0.2, -0.15) is 15.0 Å². The topological polar surface area (TPSA) is 92.5 Å². The van der Waals surface area contributed by atoms with E-state index in [-0.39, 0.29) is 5.91 Å². The number of piperazine rings is 1. The molecule has 1 amide bonds. The molecule has 0 bridgehead atoms. The van der Waals surface area contributed by atoms with Gasteiger partial charge in [-0.1, -0.05) is 0 Å². The number of amides is 1. The van der Waals surface area contributed by atoms with E-state index in [1.807, 2.05) is 11.1 Å². The third-order valence-electron chi connectivity index (χ3n) is 4.64. The highest BCUT2D eigenvalue weighted by atomic mass is 16.5. The number of ether oxygens (including phenoxy) is 1. The molecule has 4 heterocycles. The zero-order valence-electron chi connectivity index (χ0n) is 14.8. The van der Waals surface area contributed by atoms with Crippen LogP contribution < -0.4 is 9.80 Å². The second-order valence-corrected chi connectivity index (χ2v) is 6.30. The molecule has 0 saturated carbocycles. The summed E-state index contributed by atoms with van der Waals surface area (Å²) in [6.07, 6.45) is 5.19. The fourth-order valence-corrected chi connectivity index (χ4v) is 3.10. The summed E-state index contributed by atoms with van der Waals surface area (Å²) in [6.45, 7) is 7.20. The van der Waals surface area contributed by atoms with Crippen LogP contribution in [-0.2, 0) is 9.53 Å². The maximum absolute atomic E-state index is 11.5. The van der Waals surface area contributed by atoms with Crippen LogP contribution >= 0.6 is 0 Å². The van der Waals surface area contributed by atoms with Crippen LogP contribution in [-0.4, -0.2) is 87.8 Å². The standard InChI is InChI=1S/C16H22N8O2/c1-13(25)21-4-6-22(7-5-21)14-18-15(23-8-10-26-11-9-23)20-16(19-14)24-3-2-17-12-24/h2-3,12H,4-11H2,1H3. The summed E-state index contributed by atoms with van der Waals surface area (Å²) in [5.74, 6) is 1.93. The molecule has 2 aromatic heterocycles. The highest BCUT2D eigenvalue weighted by molar-refractivity contribution is 5.73. The van der Waals surface area contributed by atoms with Crippen LogP contribution in [0.1, 0.15) is 6.92 Å². The summed E-state index contributed by atoms with van der Waals surface area (Å²) in [6, 6.07) is 0. The number of rotatable bonds is 3. The third kappa shape index (κ3) is 3.45. The van der Waals surface area contributed by atoms with E-state index in [1.165, 1.54) is 0 Å². The van der Waals surface area contributed by atoms with Gasteiger partial charge in [0.1, 0.15) is 6.33 Å². The van der Waals surface area contributed by atoms with Gasteiger partial charge in [0, 0.05) is 58.6 Å². The van der Waals surface area contributed by atoms with Gasteiger partial charge in [0.25, 0.3) is 0 Å². The molecular formula is C16H22N8O2. The predicted octanol–water partition coefficient (Wildman–Crippen LogP) is -0.438. The summed E-state index contributed by atoms with van der Waals surface area (Å²) >= 11 is 0. The first-order valence-electron chi connectivity index (χ1n) is 8.78. The fraction of sp³-hybridized carbons (Fsp3) is 0.562. The van der Waals surface area contributed by atoms with Crippen LogP contribution in [0.3, 0.4) is 0 Å². The summed E-state index contributed by atoms with van der Waals surface area (Å²) in [7, 11) is 0. The van der Waals surface area contributed by atoms with Crippen LogP contribution in [0.2, 0.25) is 0 Å². The monoisotopic (exact) mass is 358 g/mol. The lowest BCUT2D eigenvalue weighted by Crippen LogP contribution is -2.48. The Morgan fingerprint density at radius 1 is 0.923 bits per heavy atom. The van der Waals surface area contributed by atoms with Crippen LogP contribution in [0.25, 0.3) is 5.95 Å². The first-order valence-corrected chi connectivity index (χ1v) is 8.78. The van der Waals surface area contributed by atoms with Crippen LogP contribution in [0.4, 0.5) is 11.9 Å². The molecule has 26 heavy (non-hydrogen) atoms. The Bertz CT molecular complexity index is 752. The molecule has 10 nitrogen and oxygen atoms in total. The SMILES string of the molecule is CC(=O)N1CCN(c2nc(N3CCOCC3)nc(-n3ccnc3)n2)CC1. The molecular weight excluding hydrogens is 336 g/mol. The van der Waals surface area contributed by atoms with E-state index < -0.39 is 0 Å². The van der Waals surface area contributed by atoms with E-state index in [0.29, 0.717) is 57.2 Å². The molecule has 2 fully saturated rings. The molecule has 2 saturated heterocycles. The van der Waals surface area contributed by atoms with Gasteiger partial charge in [0.05, 0.1) is 13.2 Å². The molecule has 0 radical (unpaired) electrons. The lowest BCUT2D eigenvalue weighted by atomic mass is 10.3. The minimum atomic E-state index is 0.105. The molecule has 0 N–H and O–H groups in total. The number of morpholine rings is 1. The summed E-state index contributed by atoms with van der Waals surface area (Å²) in [4.78, 5) is 35.6. The number of aromatic nitrogens is 5. The maximum Gasteiger partial charge on any atom is 0.241 e. The molecule has 0 atom stereocenters. The van der Waals surface area contributed by atoms with E-state index >= 15 is 0 Å². The molecule has 10 heteroatoms. The minimum absolute atomic E-state index is 0.105. The van der Waals surface area contributed by atoms with Gasteiger partial charge in [-0.15, -0.1) is 0 Å². The molecule has 138 valence electrons. The lowest BCUT2D eigenvalue weighted by molar-refractivity contribution is -0.129. The number of nitrogens with zero attached hydrogens (tertiary/aromatic N) is 8. The van der Waals surface area contributed by atoms with Crippen molar-refractivity contribution in [2.75, 3.05) is 62.3 Å². The lowest BCUT2D eigenvalue weighted by Gasteiger charge is -2.34. The van der Waals surface area contributed by atoms with Crippen molar-refractivity contribution in [2.24, 2.45) is 0 Å². The second kappa shape index (κ2) is 7.24. The molecule has 0 aromatic carbocycles. The van der Waals surface area contributed by atoms with Crippen LogP contribution in [0.5, 0.6) is 0 Å². The summed E-state index contributed by atoms with van der Waals surface area (Å²) in [5, 5.41) is 0. The van der Waals surface area contributed by atoms with Crippen molar-refractivity contribution >= 4 is 17.8 Å². The highest BCUT2D eigenvalue weighted by Gasteiger charge is 2.23. The van der Waals surface area contributed by atoms with Crippen molar-refractivity contribution in [3.05, 3.63) is 18.7 Å². The van der Waals surface area contributed by atoms with Crippen LogP contribution in [0, 0.1) is 0 Å². The van der Waals surface area contributed by atoms with Gasteiger partial charge in [-0.25, -0.2) is 4.98 Å². The molecule has 2 aromatic rings. The second-order valence-electron chi connectivity index (χ2n) is 6.30. The van der Waals surface area contributed by atoms with Crippen molar-refractivity contribution in [3.8, 4) is 5.95 Å². The Morgan fingerprint density at radius 2 is 1.54 bits per heavy atom. The quantitative estimate of drug-likeness (QED) is 0.729. The van der Waals surface area contributed by atoms with Crippen molar-refractivity contribution in [1.82, 2.24) is 29.4 Å². The maximum atomic E-state index is 11.5. The average Bonchev–Trinajstić information content (AvgIpc) is 3.23. The minimum Gasteiger partial charge on any atom is -0.378 e. The summed E-state index contributed by atoms with van der Waals surface area (Å²) in [5.41, 5.74) is 0. The van der Waals surface area contributed by atoms with Crippen molar-refractivity contribution in [1.29, 1.82) is 0 Å². The first kappa shape index (κ1) is 16.7. The fourth-order valence-electron chi connectivity index (χ4n) is 3.10. The van der Waals surface area contributed by atoms with Gasteiger partial charge < -0.3 is 19.4 Å². The van der Waals surface area contributed by atoms with E-state index in [4.69, 9.17) is 9.72 Å². The number of imidazole rings is 1. The Hall–Kier alpha value is -2.75. The Kier molecular flexibility index (Phi) is 4.65. The number of carbonyl (C=O) groups excluding carboxylic acids is 1. The number of carbonyl (C=O) groups is 1. The molecule has 2 aliphatic rings. The molecule has 2 aliphatic heterocycles. The molecule has 0 unspecified atom stereocenters. The highest BCUT2D eigenvalue weighted by Crippen LogP contribution is 2.18. The Morgan fingerprint density at radius 3 is 2.12 bits per heavy atom. The van der Waals surface area contributed by atoms with Gasteiger partial charge in [0.2, 0.25) is 23.8 Å². The number of anilines is 2. The third-order valence-corrected chi connectivity index (χ3v) is 4.64. The predicted molar refractivity (Wildman–Crippen MR) is 94.4 cm³/mol. The molecule has 4 rings (SSSR count). The molecule has 0 spiro atoms. The zero-order chi connectivity index (χ0) is 17.9. The Balaban J connectivity index is 1.63. The first-order chi connectivity index (χ1) is 12.7. The smallest absolute Gasteiger partial charge is 0.241 e. The summed E-state index contributed by atoms with van der Waals surface area (Å²) < 4.78 is 7.21. The van der Waals surface area contributed by atoms with E-state index in [0.717, 1.165) is 13.1 Å². The van der Waals surface area contributed by atoms with Gasteiger partial charge in [-0.05, 0) is 0 Å². The largest absolute Gasteiger partial charge is 0.378 e. The average molecular weight is 358 g/mol. The zero-order valence-corrected chi connectivity index (χ0v) is 14.8. The number of hydrogen-bond donors (Lipinski definition) is 0. The van der Waals surface area contributed by atoms with Gasteiger partial charge >= 0.3 is 0 Å². The van der Waals surface area contributed by atoms with E-state index in [9.17, 15) is 4.79 Å². The Labute approximate surface area is 151 Å². The van der Waals surface area contributed by atoms with E-state index in [1.54, 1.807) is 24.0 Å². The molecule has 0 aliphatic carbocycles. The van der Waals surface area contributed by atoms with E-state index in [2.05, 4.69) is 24.8 Å². The normalized spacial score (nSPS) is 18.3. The van der Waals surface area contributed by atoms with Gasteiger partial charge in [0.15, 0.2) is 0 Å². The van der Waals surface area contributed by atoms with Gasteiger partial charge in [-0.3, -0.25) is 9.36 Å². The van der Waals surface area contributed by atoms with Crippen molar-refractivity contribution in [2.45, 2.75) is 6.92 Å².